The number of carbonyl (C=O) groups is 2. The molecule has 0 spiro atoms. The molecule has 4 aliphatic rings. The molecule has 4 atom stereocenters. The first-order chi connectivity index (χ1) is 44.2. The molecule has 91 heavy (non-hydrogen) atoms. The van der Waals surface area contributed by atoms with Gasteiger partial charge in [-0.25, -0.2) is 28.3 Å². The number of carboxylic acid groups (broad SMARTS) is 1. The smallest absolute Gasteiger partial charge is 0.337 e. The summed E-state index contributed by atoms with van der Waals surface area (Å²) in [7, 11) is 1.37. The van der Waals surface area contributed by atoms with Gasteiger partial charge in [-0.15, -0.1) is 0 Å². The number of hydrogen-bond acceptors (Lipinski definition) is 19. The van der Waals surface area contributed by atoms with E-state index in [1.54, 1.807) is 60.7 Å². The average molecular weight is 1230 g/mol. The van der Waals surface area contributed by atoms with Crippen molar-refractivity contribution in [2.24, 2.45) is 0 Å². The number of aromatic nitrogens is 8. The van der Waals surface area contributed by atoms with Gasteiger partial charge in [-0.05, 0) is 112 Å². The van der Waals surface area contributed by atoms with Gasteiger partial charge < -0.3 is 47.3 Å². The number of rotatable bonds is 18. The summed E-state index contributed by atoms with van der Waals surface area (Å²) in [5.74, 6) is 3.31. The average Bonchev–Trinajstić information content (AvgIpc) is 1.76. The SMILES string of the molecule is COC(=O)c1ccc2nc(CN3CCN(c4cccc(OCc5ccc(C#N)cc5F)n4)[C@H]4CC[C@H]43)n(Cc3cc(C)on3)c2c1.Cc1cc(Cn2c(CN3CCN(c4cccc(OCc5ccc(C#N)cc5F)n4)[C@H]4CC[C@H]43)nc3ccc(C(=O)O)cc32)no1. The Bertz CT molecular complexity index is 4470. The van der Waals surface area contributed by atoms with Crippen molar-refractivity contribution in [3.05, 3.63) is 201 Å². The number of carboxylic acids is 1. The van der Waals surface area contributed by atoms with Crippen LogP contribution in [-0.2, 0) is 44.1 Å². The number of methoxy groups -OCH3 is 1. The van der Waals surface area contributed by atoms with Gasteiger partial charge in [0.15, 0.2) is 0 Å². The molecule has 0 radical (unpaired) electrons. The molecule has 4 aromatic carbocycles. The van der Waals surface area contributed by atoms with Crippen molar-refractivity contribution < 1.29 is 46.7 Å². The molecule has 0 unspecified atom stereocenters. The third-order valence-corrected chi connectivity index (χ3v) is 17.5. The zero-order chi connectivity index (χ0) is 62.9. The molecule has 6 aromatic heterocycles. The number of esters is 1. The largest absolute Gasteiger partial charge is 0.478 e. The summed E-state index contributed by atoms with van der Waals surface area (Å²) in [6, 6.07) is 39.2. The van der Waals surface area contributed by atoms with Crippen LogP contribution < -0.4 is 19.3 Å². The van der Waals surface area contributed by atoms with E-state index < -0.39 is 23.6 Å². The molecular weight excluding hydrogens is 1170 g/mol. The Kier molecular flexibility index (Phi) is 16.6. The molecule has 22 nitrogen and oxygen atoms in total. The van der Waals surface area contributed by atoms with Crippen LogP contribution in [0.3, 0.4) is 0 Å². The topological polar surface area (TPSA) is 256 Å². The lowest BCUT2D eigenvalue weighted by Crippen LogP contribution is -2.64. The van der Waals surface area contributed by atoms with Crippen LogP contribution in [0.2, 0.25) is 0 Å². The van der Waals surface area contributed by atoms with E-state index >= 15 is 0 Å². The second-order valence-electron chi connectivity index (χ2n) is 23.1. The Morgan fingerprint density at radius 1 is 0.571 bits per heavy atom. The number of anilines is 2. The summed E-state index contributed by atoms with van der Waals surface area (Å²) in [6.07, 6.45) is 4.17. The van der Waals surface area contributed by atoms with Crippen LogP contribution in [0.25, 0.3) is 22.1 Å². The van der Waals surface area contributed by atoms with Crippen molar-refractivity contribution in [3.8, 4) is 23.9 Å². The second kappa shape index (κ2) is 25.5. The highest BCUT2D eigenvalue weighted by atomic mass is 19.1. The summed E-state index contributed by atoms with van der Waals surface area (Å²) in [4.78, 5) is 53.1. The number of nitriles is 2. The maximum absolute atomic E-state index is 14.4. The van der Waals surface area contributed by atoms with E-state index in [2.05, 4.69) is 34.5 Å². The number of halogens is 2. The standard InChI is InChI=1S/C34H32FN7O4.C33H30FN7O4/c1-21-14-25(39-46-21)18-42-30-16-23(34(43)44-2)8-9-27(30)37-32(42)19-40-12-13-41(29-11-10-28(29)40)31-4-3-5-33(38-31)45-20-24-7-6-22(17-36)15-26(24)35;1-20-13-24(38-45-20)17-41-29-15-22(33(42)43)7-8-26(29)36-31(41)18-39-11-12-40(28-10-9-27(28)39)30-3-2-4-32(37-30)44-19-23-6-5-21(16-35)14-25(23)34/h3-9,14-16,28-29H,10-13,18-20H2,1-2H3;2-8,13-15,27-28H,9-12,17-19H2,1H3,(H,42,43)/t28-,29+;27-,28+/m11/s1. The molecule has 0 amide bonds. The molecule has 2 aliphatic heterocycles. The lowest BCUT2D eigenvalue weighted by atomic mass is 9.81. The minimum Gasteiger partial charge on any atom is -0.478 e. The minimum absolute atomic E-state index is 0.0106. The van der Waals surface area contributed by atoms with E-state index in [0.29, 0.717) is 72.5 Å². The lowest BCUT2D eigenvalue weighted by molar-refractivity contribution is 0.0599. The summed E-state index contributed by atoms with van der Waals surface area (Å²) in [5, 5.41) is 36.0. The van der Waals surface area contributed by atoms with Gasteiger partial charge in [0.05, 0.1) is 89.7 Å². The Morgan fingerprint density at radius 2 is 1.03 bits per heavy atom. The van der Waals surface area contributed by atoms with Crippen LogP contribution in [0, 0.1) is 48.1 Å². The quantitative estimate of drug-likeness (QED) is 0.0784. The molecule has 10 aromatic rings. The number of carbonyl (C=O) groups excluding carboxylic acids is 1. The highest BCUT2D eigenvalue weighted by Crippen LogP contribution is 2.39. The lowest BCUT2D eigenvalue weighted by Gasteiger charge is -2.54. The highest BCUT2D eigenvalue weighted by Gasteiger charge is 2.45. The maximum atomic E-state index is 14.4. The van der Waals surface area contributed by atoms with Gasteiger partial charge in [0.25, 0.3) is 0 Å². The molecular formula is C67H62F2N14O8. The van der Waals surface area contributed by atoms with Crippen LogP contribution in [0.5, 0.6) is 11.8 Å². The van der Waals surface area contributed by atoms with Gasteiger partial charge in [-0.3, -0.25) is 9.80 Å². The summed E-state index contributed by atoms with van der Waals surface area (Å²) < 4.78 is 60.2. The number of benzene rings is 4. The van der Waals surface area contributed by atoms with Gasteiger partial charge in [0.2, 0.25) is 11.8 Å². The number of fused-ring (bicyclic) bond motifs is 4. The molecule has 462 valence electrons. The fourth-order valence-corrected chi connectivity index (χ4v) is 12.7. The summed E-state index contributed by atoms with van der Waals surface area (Å²) in [6.45, 7) is 8.99. The number of nitrogens with zero attached hydrogens (tertiary/aromatic N) is 14. The second-order valence-corrected chi connectivity index (χ2v) is 23.1. The minimum atomic E-state index is -0.985. The van der Waals surface area contributed by atoms with E-state index in [4.69, 9.17) is 53.7 Å². The fraction of sp³-hybridized carbons (Fsp3) is 0.313. The van der Waals surface area contributed by atoms with Crippen LogP contribution in [0.4, 0.5) is 20.4 Å². The van der Waals surface area contributed by atoms with Crippen molar-refractivity contribution in [2.75, 3.05) is 43.1 Å². The molecule has 14 rings (SSSR count). The zero-order valence-corrected chi connectivity index (χ0v) is 50.1. The molecule has 2 aliphatic carbocycles. The molecule has 2 saturated carbocycles. The van der Waals surface area contributed by atoms with Crippen molar-refractivity contribution in [3.63, 3.8) is 0 Å². The predicted octanol–water partition coefficient (Wildman–Crippen LogP) is 9.92. The van der Waals surface area contributed by atoms with Crippen molar-refractivity contribution in [1.29, 1.82) is 10.5 Å². The van der Waals surface area contributed by atoms with E-state index in [1.165, 1.54) is 19.2 Å². The van der Waals surface area contributed by atoms with Crippen LogP contribution in [-0.4, -0.2) is 124 Å². The molecule has 1 N–H and O–H groups in total. The number of imidazole rings is 2. The van der Waals surface area contributed by atoms with Crippen LogP contribution in [0.1, 0.15) is 103 Å². The first-order valence-electron chi connectivity index (χ1n) is 30.0. The zero-order valence-electron chi connectivity index (χ0n) is 50.1. The van der Waals surface area contributed by atoms with E-state index in [0.717, 1.165) is 114 Å². The van der Waals surface area contributed by atoms with Crippen molar-refractivity contribution in [2.45, 2.75) is 103 Å². The van der Waals surface area contributed by atoms with Gasteiger partial charge in [-0.1, -0.05) is 34.6 Å². The van der Waals surface area contributed by atoms with Crippen LogP contribution >= 0.6 is 0 Å². The summed E-state index contributed by atoms with van der Waals surface area (Å²) in [5.41, 5.74) is 6.58. The highest BCUT2D eigenvalue weighted by molar-refractivity contribution is 5.94. The predicted molar refractivity (Wildman–Crippen MR) is 327 cm³/mol. The van der Waals surface area contributed by atoms with E-state index in [1.807, 2.05) is 79.1 Å². The normalized spacial score (nSPS) is 17.8. The van der Waals surface area contributed by atoms with E-state index in [9.17, 15) is 23.5 Å². The van der Waals surface area contributed by atoms with E-state index in [-0.39, 0.29) is 42.0 Å². The first-order valence-corrected chi connectivity index (χ1v) is 30.0. The number of ether oxygens (including phenoxy) is 3. The number of aryl methyl sites for hydroxylation is 2. The number of pyridine rings is 2. The van der Waals surface area contributed by atoms with Gasteiger partial charge in [-0.2, -0.15) is 20.5 Å². The van der Waals surface area contributed by atoms with Crippen molar-refractivity contribution >= 4 is 45.6 Å². The van der Waals surface area contributed by atoms with Gasteiger partial charge in [0, 0.05) is 85.7 Å². The molecule has 2 saturated heterocycles. The van der Waals surface area contributed by atoms with Gasteiger partial charge >= 0.3 is 11.9 Å². The Labute approximate surface area is 521 Å². The molecule has 24 heteroatoms. The molecule has 8 heterocycles. The Morgan fingerprint density at radius 3 is 1.44 bits per heavy atom. The number of aromatic carboxylic acids is 1. The third kappa shape index (κ3) is 12.5. The van der Waals surface area contributed by atoms with Crippen LogP contribution in [0.15, 0.2) is 130 Å². The fourth-order valence-electron chi connectivity index (χ4n) is 12.7. The molecule has 0 bridgehead atoms. The Hall–Kier alpha value is -10.6. The monoisotopic (exact) mass is 1230 g/mol. The molecule has 4 fully saturated rings. The Balaban J connectivity index is 0.000000167. The number of piperazine rings is 2. The first kappa shape index (κ1) is 59.4. The summed E-state index contributed by atoms with van der Waals surface area (Å²) >= 11 is 0. The maximum Gasteiger partial charge on any atom is 0.337 e. The number of hydrogen-bond donors (Lipinski definition) is 1. The third-order valence-electron chi connectivity index (χ3n) is 17.5. The van der Waals surface area contributed by atoms with Gasteiger partial charge in [0.1, 0.15) is 71.0 Å². The van der Waals surface area contributed by atoms with Crippen molar-refractivity contribution in [1.82, 2.24) is 49.2 Å².